The molecule has 18 heavy (non-hydrogen) atoms. The summed E-state index contributed by atoms with van der Waals surface area (Å²) < 4.78 is 48.7. The number of nitrogens with one attached hydrogen (secondary N) is 1. The van der Waals surface area contributed by atoms with E-state index in [1.54, 1.807) is 5.32 Å². The van der Waals surface area contributed by atoms with Gasteiger partial charge < -0.3 is 10.4 Å². The van der Waals surface area contributed by atoms with Crippen molar-refractivity contribution in [3.8, 4) is 0 Å². The van der Waals surface area contributed by atoms with E-state index in [1.807, 2.05) is 0 Å². The summed E-state index contributed by atoms with van der Waals surface area (Å²) in [6.07, 6.45) is -3.23. The minimum Gasteiger partial charge on any atom is -0.481 e. The van der Waals surface area contributed by atoms with Gasteiger partial charge in [-0.25, -0.2) is 8.78 Å². The number of rotatable bonds is 5. The van der Waals surface area contributed by atoms with E-state index in [9.17, 15) is 27.2 Å². The van der Waals surface area contributed by atoms with E-state index in [4.69, 9.17) is 5.11 Å². The number of carbonyl (C=O) groups is 2. The number of amides is 1. The van der Waals surface area contributed by atoms with Crippen molar-refractivity contribution >= 4 is 11.9 Å². The van der Waals surface area contributed by atoms with Crippen molar-refractivity contribution < 1.29 is 32.3 Å². The summed E-state index contributed by atoms with van der Waals surface area (Å²) in [7, 11) is 0. The zero-order valence-electron chi connectivity index (χ0n) is 9.34. The highest BCUT2D eigenvalue weighted by Crippen LogP contribution is 2.31. The molecular weight excluding hydrogens is 258 g/mol. The number of hydrogen-bond acceptors (Lipinski definition) is 2. The summed E-state index contributed by atoms with van der Waals surface area (Å²) in [6, 6.07) is 0. The van der Waals surface area contributed by atoms with Gasteiger partial charge in [-0.05, 0) is 19.3 Å². The molecule has 0 unspecified atom stereocenters. The van der Waals surface area contributed by atoms with Crippen LogP contribution in [0.4, 0.5) is 17.6 Å². The first-order valence-corrected chi connectivity index (χ1v) is 5.40. The van der Waals surface area contributed by atoms with Crippen molar-refractivity contribution in [2.75, 3.05) is 6.54 Å². The summed E-state index contributed by atoms with van der Waals surface area (Å²) in [5.41, 5.74) is 0. The maximum Gasteiger partial charge on any atom is 0.324 e. The molecule has 0 bridgehead atoms. The van der Waals surface area contributed by atoms with Gasteiger partial charge in [0.2, 0.25) is 5.91 Å². The molecule has 1 fully saturated rings. The summed E-state index contributed by atoms with van der Waals surface area (Å²) in [6.45, 7) is -1.43. The maximum absolute atomic E-state index is 12.5. The zero-order valence-corrected chi connectivity index (χ0v) is 9.34. The Hall–Kier alpha value is -1.34. The molecule has 0 radical (unpaired) electrons. The third kappa shape index (κ3) is 3.58. The molecule has 1 saturated carbocycles. The third-order valence-electron chi connectivity index (χ3n) is 2.97. The quantitative estimate of drug-likeness (QED) is 0.745. The van der Waals surface area contributed by atoms with Crippen molar-refractivity contribution in [1.29, 1.82) is 0 Å². The Morgan fingerprint density at radius 2 is 1.83 bits per heavy atom. The van der Waals surface area contributed by atoms with Gasteiger partial charge in [0.25, 0.3) is 0 Å². The Balaban J connectivity index is 2.41. The van der Waals surface area contributed by atoms with Gasteiger partial charge in [-0.15, -0.1) is 0 Å². The van der Waals surface area contributed by atoms with Crippen molar-refractivity contribution in [1.82, 2.24) is 5.32 Å². The SMILES string of the molecule is O=C(O)[C@@H]1CC[C@H](C(=O)NCC(F)(F)C(F)F)C1. The van der Waals surface area contributed by atoms with Crippen LogP contribution in [0.25, 0.3) is 0 Å². The number of alkyl halides is 4. The molecule has 0 aliphatic heterocycles. The van der Waals surface area contributed by atoms with Gasteiger partial charge in [-0.3, -0.25) is 9.59 Å². The molecule has 0 spiro atoms. The van der Waals surface area contributed by atoms with Gasteiger partial charge in [0.05, 0.1) is 12.5 Å². The molecule has 4 nitrogen and oxygen atoms in total. The first-order valence-electron chi connectivity index (χ1n) is 5.40. The van der Waals surface area contributed by atoms with Crippen LogP contribution in [0.2, 0.25) is 0 Å². The monoisotopic (exact) mass is 271 g/mol. The molecule has 8 heteroatoms. The van der Waals surface area contributed by atoms with Gasteiger partial charge in [0.1, 0.15) is 0 Å². The second-order valence-corrected chi connectivity index (χ2v) is 4.32. The van der Waals surface area contributed by atoms with Crippen LogP contribution in [0.5, 0.6) is 0 Å². The number of aliphatic carboxylic acids is 1. The predicted octanol–water partition coefficient (Wildman–Crippen LogP) is 1.50. The van der Waals surface area contributed by atoms with Crippen LogP contribution < -0.4 is 5.32 Å². The topological polar surface area (TPSA) is 66.4 Å². The molecule has 2 N–H and O–H groups in total. The van der Waals surface area contributed by atoms with Crippen LogP contribution >= 0.6 is 0 Å². The van der Waals surface area contributed by atoms with Gasteiger partial charge in [0.15, 0.2) is 0 Å². The maximum atomic E-state index is 12.5. The lowest BCUT2D eigenvalue weighted by molar-refractivity contribution is -0.142. The summed E-state index contributed by atoms with van der Waals surface area (Å²) >= 11 is 0. The highest BCUT2D eigenvalue weighted by atomic mass is 19.3. The molecule has 1 rings (SSSR count). The zero-order chi connectivity index (χ0) is 13.9. The molecule has 0 heterocycles. The molecule has 1 aliphatic carbocycles. The van der Waals surface area contributed by atoms with Crippen LogP contribution in [0, 0.1) is 11.8 Å². The first-order chi connectivity index (χ1) is 8.24. The Morgan fingerprint density at radius 1 is 1.28 bits per heavy atom. The van der Waals surface area contributed by atoms with Crippen molar-refractivity contribution in [2.45, 2.75) is 31.6 Å². The molecule has 104 valence electrons. The first kappa shape index (κ1) is 14.7. The van der Waals surface area contributed by atoms with Crippen LogP contribution in [-0.4, -0.2) is 35.9 Å². The van der Waals surface area contributed by atoms with Crippen LogP contribution in [-0.2, 0) is 9.59 Å². The van der Waals surface area contributed by atoms with E-state index in [-0.39, 0.29) is 12.8 Å². The molecular formula is C10H13F4NO3. The Bertz CT molecular complexity index is 335. The molecule has 0 saturated heterocycles. The molecule has 0 aromatic carbocycles. The van der Waals surface area contributed by atoms with Gasteiger partial charge >= 0.3 is 18.3 Å². The fourth-order valence-electron chi connectivity index (χ4n) is 1.87. The standard InChI is InChI=1S/C10H13F4NO3/c11-9(12)10(13,14)4-15-7(16)5-1-2-6(3-5)8(17)18/h5-6,9H,1-4H2,(H,15,16)(H,17,18)/t5-,6+/m0/s1. The minimum atomic E-state index is -4.26. The molecule has 2 atom stereocenters. The predicted molar refractivity (Wildman–Crippen MR) is 52.4 cm³/mol. The molecule has 1 amide bonds. The highest BCUT2D eigenvalue weighted by molar-refractivity contribution is 5.80. The lowest BCUT2D eigenvalue weighted by Gasteiger charge is -2.17. The van der Waals surface area contributed by atoms with Gasteiger partial charge in [-0.2, -0.15) is 8.78 Å². The van der Waals surface area contributed by atoms with Crippen molar-refractivity contribution in [3.63, 3.8) is 0 Å². The lowest BCUT2D eigenvalue weighted by Crippen LogP contribution is -2.43. The molecule has 0 aromatic rings. The fraction of sp³-hybridized carbons (Fsp3) is 0.800. The Labute approximate surface area is 100 Å². The van der Waals surface area contributed by atoms with E-state index in [2.05, 4.69) is 0 Å². The number of halogens is 4. The number of carboxylic acid groups (broad SMARTS) is 1. The summed E-state index contributed by atoms with van der Waals surface area (Å²) in [5.74, 6) is -7.46. The summed E-state index contributed by atoms with van der Waals surface area (Å²) in [5, 5.41) is 10.4. The molecule has 1 aliphatic rings. The number of carbonyl (C=O) groups excluding carboxylic acids is 1. The second kappa shape index (κ2) is 5.53. The van der Waals surface area contributed by atoms with E-state index >= 15 is 0 Å². The third-order valence-corrected chi connectivity index (χ3v) is 2.97. The van der Waals surface area contributed by atoms with Crippen LogP contribution in [0.3, 0.4) is 0 Å². The number of carboxylic acids is 1. The lowest BCUT2D eigenvalue weighted by atomic mass is 10.0. The van der Waals surface area contributed by atoms with Crippen LogP contribution in [0.15, 0.2) is 0 Å². The molecule has 0 aromatic heterocycles. The van der Waals surface area contributed by atoms with Gasteiger partial charge in [0, 0.05) is 5.92 Å². The largest absolute Gasteiger partial charge is 0.481 e. The van der Waals surface area contributed by atoms with E-state index in [0.717, 1.165) is 0 Å². The average Bonchev–Trinajstić information content (AvgIpc) is 2.75. The Kier molecular flexibility index (Phi) is 4.53. The van der Waals surface area contributed by atoms with E-state index < -0.39 is 42.6 Å². The van der Waals surface area contributed by atoms with Crippen LogP contribution in [0.1, 0.15) is 19.3 Å². The van der Waals surface area contributed by atoms with Crippen molar-refractivity contribution in [3.05, 3.63) is 0 Å². The van der Waals surface area contributed by atoms with Crippen molar-refractivity contribution in [2.24, 2.45) is 11.8 Å². The Morgan fingerprint density at radius 3 is 2.28 bits per heavy atom. The number of hydrogen-bond donors (Lipinski definition) is 2. The minimum absolute atomic E-state index is 0.0570. The normalized spacial score (nSPS) is 24.3. The van der Waals surface area contributed by atoms with Gasteiger partial charge in [-0.1, -0.05) is 0 Å². The van der Waals surface area contributed by atoms with E-state index in [1.165, 1.54) is 0 Å². The second-order valence-electron chi connectivity index (χ2n) is 4.32. The average molecular weight is 271 g/mol. The fourth-order valence-corrected chi connectivity index (χ4v) is 1.87. The summed E-state index contributed by atoms with van der Waals surface area (Å²) in [4.78, 5) is 22.0. The van der Waals surface area contributed by atoms with E-state index in [0.29, 0.717) is 6.42 Å². The highest BCUT2D eigenvalue weighted by Gasteiger charge is 2.42. The smallest absolute Gasteiger partial charge is 0.324 e.